The van der Waals surface area contributed by atoms with E-state index in [0.717, 1.165) is 12.8 Å². The van der Waals surface area contributed by atoms with Crippen LogP contribution in [-0.2, 0) is 6.54 Å². The summed E-state index contributed by atoms with van der Waals surface area (Å²) in [4.78, 5) is 11.8. The van der Waals surface area contributed by atoms with Crippen LogP contribution in [0.5, 0.6) is 0 Å². The molecule has 4 nitrogen and oxygen atoms in total. The van der Waals surface area contributed by atoms with Crippen molar-refractivity contribution in [3.63, 3.8) is 0 Å². The minimum absolute atomic E-state index is 0.0150. The Morgan fingerprint density at radius 1 is 1.56 bits per heavy atom. The third-order valence-corrected chi connectivity index (χ3v) is 4.74. The fraction of sp³-hybridized carbons (Fsp3) is 0.500. The van der Waals surface area contributed by atoms with Crippen LogP contribution >= 0.6 is 31.9 Å². The first-order valence-corrected chi connectivity index (χ1v) is 6.45. The fourth-order valence-electron chi connectivity index (χ4n) is 1.61. The highest BCUT2D eigenvalue weighted by atomic mass is 79.9. The molecule has 16 heavy (non-hydrogen) atoms. The van der Waals surface area contributed by atoms with Crippen molar-refractivity contribution in [3.8, 4) is 6.07 Å². The van der Waals surface area contributed by atoms with Gasteiger partial charge < -0.3 is 0 Å². The molecular weight excluding hydrogens is 338 g/mol. The molecule has 0 saturated heterocycles. The maximum atomic E-state index is 11.8. The third-order valence-electron chi connectivity index (χ3n) is 2.84. The molecule has 1 aromatic rings. The molecule has 1 saturated carbocycles. The van der Waals surface area contributed by atoms with Gasteiger partial charge in [-0.05, 0) is 44.7 Å². The van der Waals surface area contributed by atoms with Crippen molar-refractivity contribution in [1.29, 1.82) is 5.26 Å². The summed E-state index contributed by atoms with van der Waals surface area (Å²) >= 11 is 6.44. The first kappa shape index (κ1) is 11.8. The Balaban J connectivity index is 2.27. The van der Waals surface area contributed by atoms with E-state index in [1.54, 1.807) is 6.20 Å². The number of hydrogen-bond acceptors (Lipinski definition) is 3. The number of nitriles is 1. The molecule has 0 radical (unpaired) electrons. The molecule has 84 valence electrons. The lowest BCUT2D eigenvalue weighted by Crippen LogP contribution is -2.27. The zero-order valence-electron chi connectivity index (χ0n) is 8.41. The van der Waals surface area contributed by atoms with Crippen molar-refractivity contribution in [2.75, 3.05) is 0 Å². The van der Waals surface area contributed by atoms with Crippen molar-refractivity contribution < 1.29 is 0 Å². The number of aromatic nitrogens is 2. The van der Waals surface area contributed by atoms with Gasteiger partial charge in [-0.25, -0.2) is 4.68 Å². The van der Waals surface area contributed by atoms with Crippen molar-refractivity contribution >= 4 is 31.9 Å². The minimum atomic E-state index is -0.154. The Morgan fingerprint density at radius 2 is 2.25 bits per heavy atom. The Kier molecular flexibility index (Phi) is 3.17. The van der Waals surface area contributed by atoms with E-state index >= 15 is 0 Å². The predicted octanol–water partition coefficient (Wildman–Crippen LogP) is 2.46. The Labute approximate surface area is 110 Å². The number of rotatable bonds is 3. The summed E-state index contributed by atoms with van der Waals surface area (Å²) in [5.41, 5.74) is -0.169. The first-order chi connectivity index (χ1) is 7.58. The molecule has 1 heterocycles. The quantitative estimate of drug-likeness (QED) is 0.844. The van der Waals surface area contributed by atoms with Gasteiger partial charge in [-0.1, -0.05) is 0 Å². The smallest absolute Gasteiger partial charge is 0.266 e. The molecule has 1 aliphatic rings. The normalized spacial score (nSPS) is 16.8. The summed E-state index contributed by atoms with van der Waals surface area (Å²) in [6.45, 7) is 0.533. The third kappa shape index (κ3) is 2.20. The number of halogens is 2. The van der Waals surface area contributed by atoms with Crippen LogP contribution < -0.4 is 5.56 Å². The second kappa shape index (κ2) is 4.30. The maximum absolute atomic E-state index is 11.8. The van der Waals surface area contributed by atoms with Gasteiger partial charge in [-0.15, -0.1) is 0 Å². The molecule has 0 unspecified atom stereocenters. The molecule has 1 aromatic heterocycles. The molecule has 0 aromatic carbocycles. The molecule has 0 N–H and O–H groups in total. The van der Waals surface area contributed by atoms with Crippen LogP contribution in [0.25, 0.3) is 0 Å². The SMILES string of the molecule is N#CCC1(Cn2ncc(Br)c(Br)c2=O)CC1. The first-order valence-electron chi connectivity index (χ1n) is 4.86. The molecule has 6 heteroatoms. The molecule has 0 aliphatic heterocycles. The zero-order chi connectivity index (χ0) is 11.8. The predicted molar refractivity (Wildman–Crippen MR) is 65.8 cm³/mol. The summed E-state index contributed by atoms with van der Waals surface area (Å²) in [6, 6.07) is 2.17. The molecule has 1 aliphatic carbocycles. The van der Waals surface area contributed by atoms with E-state index in [0.29, 0.717) is 21.9 Å². The van der Waals surface area contributed by atoms with Gasteiger partial charge in [0.2, 0.25) is 0 Å². The highest BCUT2D eigenvalue weighted by Crippen LogP contribution is 2.49. The van der Waals surface area contributed by atoms with E-state index in [9.17, 15) is 4.79 Å². The average molecular weight is 347 g/mol. The average Bonchev–Trinajstić information content (AvgIpc) is 3.00. The summed E-state index contributed by atoms with van der Waals surface area (Å²) < 4.78 is 2.56. The van der Waals surface area contributed by atoms with Crippen LogP contribution in [0, 0.1) is 16.7 Å². The summed E-state index contributed by atoms with van der Waals surface area (Å²) in [5.74, 6) is 0. The van der Waals surface area contributed by atoms with Gasteiger partial charge in [0, 0.05) is 11.8 Å². The minimum Gasteiger partial charge on any atom is -0.266 e. The zero-order valence-corrected chi connectivity index (χ0v) is 11.6. The van der Waals surface area contributed by atoms with Crippen LogP contribution in [-0.4, -0.2) is 9.78 Å². The molecule has 0 amide bonds. The second-order valence-corrected chi connectivity index (χ2v) is 5.75. The summed E-state index contributed by atoms with van der Waals surface area (Å²) in [5, 5.41) is 12.8. The van der Waals surface area contributed by atoms with Gasteiger partial charge in [0.15, 0.2) is 0 Å². The van der Waals surface area contributed by atoms with Gasteiger partial charge in [0.1, 0.15) is 4.47 Å². The molecule has 0 bridgehead atoms. The molecule has 0 spiro atoms. The van der Waals surface area contributed by atoms with Gasteiger partial charge >= 0.3 is 0 Å². The van der Waals surface area contributed by atoms with Crippen LogP contribution in [0.3, 0.4) is 0 Å². The monoisotopic (exact) mass is 345 g/mol. The summed E-state index contributed by atoms with van der Waals surface area (Å²) in [6.07, 6.45) is 4.09. The molecule has 2 rings (SSSR count). The molecular formula is C10H9Br2N3O. The van der Waals surface area contributed by atoms with Gasteiger partial charge in [-0.3, -0.25) is 4.79 Å². The Morgan fingerprint density at radius 3 is 2.81 bits per heavy atom. The van der Waals surface area contributed by atoms with Gasteiger partial charge in [-0.2, -0.15) is 10.4 Å². The summed E-state index contributed by atoms with van der Waals surface area (Å²) in [7, 11) is 0. The molecule has 0 atom stereocenters. The van der Waals surface area contributed by atoms with E-state index < -0.39 is 0 Å². The van der Waals surface area contributed by atoms with Crippen LogP contribution in [0.2, 0.25) is 0 Å². The Hall–Kier alpha value is -0.670. The van der Waals surface area contributed by atoms with Crippen molar-refractivity contribution in [1.82, 2.24) is 9.78 Å². The van der Waals surface area contributed by atoms with Crippen LogP contribution in [0.15, 0.2) is 19.9 Å². The lowest BCUT2D eigenvalue weighted by atomic mass is 10.0. The van der Waals surface area contributed by atoms with Crippen LogP contribution in [0.1, 0.15) is 19.3 Å². The van der Waals surface area contributed by atoms with E-state index in [1.165, 1.54) is 4.68 Å². The van der Waals surface area contributed by atoms with E-state index in [-0.39, 0.29) is 11.0 Å². The number of nitrogens with zero attached hydrogens (tertiary/aromatic N) is 3. The maximum Gasteiger partial charge on any atom is 0.282 e. The van der Waals surface area contributed by atoms with E-state index in [4.69, 9.17) is 5.26 Å². The van der Waals surface area contributed by atoms with Crippen molar-refractivity contribution in [2.24, 2.45) is 5.41 Å². The van der Waals surface area contributed by atoms with Crippen molar-refractivity contribution in [2.45, 2.75) is 25.8 Å². The standard InChI is InChI=1S/C10H9Br2N3O/c11-7-5-14-15(9(16)8(7)12)6-10(1-2-10)3-4-13/h5H,1-3,6H2. The molecule has 1 fully saturated rings. The van der Waals surface area contributed by atoms with Crippen molar-refractivity contribution in [3.05, 3.63) is 25.5 Å². The number of hydrogen-bond donors (Lipinski definition) is 0. The fourth-order valence-corrected chi connectivity index (χ4v) is 2.18. The lowest BCUT2D eigenvalue weighted by molar-refractivity contribution is 0.390. The topological polar surface area (TPSA) is 58.7 Å². The van der Waals surface area contributed by atoms with Crippen LogP contribution in [0.4, 0.5) is 0 Å². The lowest BCUT2D eigenvalue weighted by Gasteiger charge is -2.12. The largest absolute Gasteiger partial charge is 0.282 e. The van der Waals surface area contributed by atoms with Gasteiger partial charge in [0.05, 0.1) is 23.3 Å². The highest BCUT2D eigenvalue weighted by Gasteiger charge is 2.43. The van der Waals surface area contributed by atoms with Gasteiger partial charge in [0.25, 0.3) is 5.56 Å². The second-order valence-electron chi connectivity index (χ2n) is 4.10. The van der Waals surface area contributed by atoms with E-state index in [2.05, 4.69) is 43.0 Å². The Bertz CT molecular complexity index is 514. The highest BCUT2D eigenvalue weighted by molar-refractivity contribution is 9.13. The van der Waals surface area contributed by atoms with E-state index in [1.807, 2.05) is 0 Å².